The molecule has 1 heterocycles. The minimum atomic E-state index is -0.805. The van der Waals surface area contributed by atoms with Gasteiger partial charge in [0.15, 0.2) is 0 Å². The van der Waals surface area contributed by atoms with Crippen molar-refractivity contribution in [2.75, 3.05) is 13.1 Å². The first-order valence-electron chi connectivity index (χ1n) is 5.63. The van der Waals surface area contributed by atoms with Gasteiger partial charge in [0.05, 0.1) is 6.17 Å². The van der Waals surface area contributed by atoms with Gasteiger partial charge in [0.25, 0.3) is 0 Å². The van der Waals surface area contributed by atoms with E-state index in [1.807, 2.05) is 0 Å². The van der Waals surface area contributed by atoms with Gasteiger partial charge >= 0.3 is 6.09 Å². The van der Waals surface area contributed by atoms with E-state index in [1.165, 1.54) is 4.90 Å². The monoisotopic (exact) mass is 214 g/mol. The van der Waals surface area contributed by atoms with Gasteiger partial charge in [-0.25, -0.2) is 4.79 Å². The fourth-order valence-corrected chi connectivity index (χ4v) is 1.80. The van der Waals surface area contributed by atoms with Crippen molar-refractivity contribution in [3.8, 4) is 0 Å². The molecule has 1 atom stereocenters. The van der Waals surface area contributed by atoms with Gasteiger partial charge < -0.3 is 5.11 Å². The van der Waals surface area contributed by atoms with Crippen LogP contribution in [0.4, 0.5) is 4.79 Å². The number of carboxylic acid groups (broad SMARTS) is 1. The summed E-state index contributed by atoms with van der Waals surface area (Å²) in [6.07, 6.45) is 2.24. The zero-order chi connectivity index (χ0) is 11.5. The molecule has 88 valence electrons. The maximum Gasteiger partial charge on any atom is 0.408 e. The predicted molar refractivity (Wildman–Crippen MR) is 59.8 cm³/mol. The molecule has 4 nitrogen and oxygen atoms in total. The van der Waals surface area contributed by atoms with Crippen molar-refractivity contribution in [1.82, 2.24) is 10.2 Å². The highest BCUT2D eigenvalue weighted by Crippen LogP contribution is 2.17. The lowest BCUT2D eigenvalue weighted by atomic mass is 9.96. The van der Waals surface area contributed by atoms with Crippen LogP contribution in [0.15, 0.2) is 0 Å². The summed E-state index contributed by atoms with van der Waals surface area (Å²) in [6, 6.07) is 0. The van der Waals surface area contributed by atoms with E-state index in [2.05, 4.69) is 26.1 Å². The minimum absolute atomic E-state index is 0.00970. The van der Waals surface area contributed by atoms with E-state index >= 15 is 0 Å². The number of rotatable bonds is 2. The quantitative estimate of drug-likeness (QED) is 0.740. The van der Waals surface area contributed by atoms with Crippen LogP contribution in [0.3, 0.4) is 0 Å². The molecule has 0 spiro atoms. The van der Waals surface area contributed by atoms with Crippen LogP contribution in [-0.2, 0) is 0 Å². The van der Waals surface area contributed by atoms with Crippen molar-refractivity contribution in [3.05, 3.63) is 0 Å². The lowest BCUT2D eigenvalue weighted by molar-refractivity contribution is 0.0893. The molecule has 0 bridgehead atoms. The van der Waals surface area contributed by atoms with Crippen LogP contribution in [-0.4, -0.2) is 35.4 Å². The topological polar surface area (TPSA) is 52.6 Å². The molecule has 1 aliphatic heterocycles. The summed E-state index contributed by atoms with van der Waals surface area (Å²) >= 11 is 0. The van der Waals surface area contributed by atoms with E-state index in [0.717, 1.165) is 25.8 Å². The van der Waals surface area contributed by atoms with Gasteiger partial charge in [-0.3, -0.25) is 10.2 Å². The average molecular weight is 214 g/mol. The molecule has 0 aromatic carbocycles. The molecular formula is C11H22N2O2. The predicted octanol–water partition coefficient (Wildman–Crippen LogP) is 2.11. The first kappa shape index (κ1) is 12.3. The Balaban J connectivity index is 2.46. The van der Waals surface area contributed by atoms with Crippen molar-refractivity contribution in [2.24, 2.45) is 5.41 Å². The highest BCUT2D eigenvalue weighted by molar-refractivity contribution is 5.65. The Morgan fingerprint density at radius 3 is 2.67 bits per heavy atom. The number of piperidine rings is 1. The summed E-state index contributed by atoms with van der Waals surface area (Å²) in [5.41, 5.74) is 0.196. The maximum atomic E-state index is 11.0. The largest absolute Gasteiger partial charge is 0.465 e. The number of likely N-dealkylation sites (tertiary alicyclic amines) is 1. The van der Waals surface area contributed by atoms with Crippen molar-refractivity contribution < 1.29 is 9.90 Å². The number of hydrogen-bond acceptors (Lipinski definition) is 2. The number of amides is 1. The normalized spacial score (nSPS) is 22.9. The Morgan fingerprint density at radius 2 is 2.13 bits per heavy atom. The van der Waals surface area contributed by atoms with Crippen molar-refractivity contribution in [2.45, 2.75) is 46.2 Å². The van der Waals surface area contributed by atoms with E-state index in [9.17, 15) is 4.79 Å². The van der Waals surface area contributed by atoms with Gasteiger partial charge in [-0.2, -0.15) is 0 Å². The Morgan fingerprint density at radius 1 is 1.47 bits per heavy atom. The maximum absolute atomic E-state index is 11.0. The van der Waals surface area contributed by atoms with Crippen molar-refractivity contribution in [3.63, 3.8) is 0 Å². The summed E-state index contributed by atoms with van der Waals surface area (Å²) in [5.74, 6) is 0. The molecule has 1 rings (SSSR count). The highest BCUT2D eigenvalue weighted by atomic mass is 16.4. The van der Waals surface area contributed by atoms with Crippen molar-refractivity contribution >= 4 is 6.09 Å². The molecule has 0 aromatic heterocycles. The fourth-order valence-electron chi connectivity index (χ4n) is 1.80. The molecule has 1 fully saturated rings. The molecule has 0 radical (unpaired) electrons. The molecular weight excluding hydrogens is 192 g/mol. The highest BCUT2D eigenvalue weighted by Gasteiger charge is 2.26. The Kier molecular flexibility index (Phi) is 3.97. The van der Waals surface area contributed by atoms with Gasteiger partial charge in [0.1, 0.15) is 0 Å². The van der Waals surface area contributed by atoms with Gasteiger partial charge in [-0.1, -0.05) is 20.8 Å². The van der Waals surface area contributed by atoms with Gasteiger partial charge in [0, 0.05) is 13.1 Å². The molecule has 1 aliphatic rings. The summed E-state index contributed by atoms with van der Waals surface area (Å²) in [6.45, 7) is 7.95. The zero-order valence-electron chi connectivity index (χ0n) is 9.92. The van der Waals surface area contributed by atoms with Crippen molar-refractivity contribution in [1.29, 1.82) is 0 Å². The summed E-state index contributed by atoms with van der Waals surface area (Å²) in [5, 5.41) is 12.4. The van der Waals surface area contributed by atoms with E-state index in [4.69, 9.17) is 5.11 Å². The smallest absolute Gasteiger partial charge is 0.408 e. The fraction of sp³-hybridized carbons (Fsp3) is 0.909. The van der Waals surface area contributed by atoms with Gasteiger partial charge in [0.2, 0.25) is 0 Å². The first-order valence-corrected chi connectivity index (χ1v) is 5.63. The van der Waals surface area contributed by atoms with E-state index in [-0.39, 0.29) is 11.6 Å². The van der Waals surface area contributed by atoms with Crippen LogP contribution in [0.2, 0.25) is 0 Å². The van der Waals surface area contributed by atoms with E-state index in [1.54, 1.807) is 0 Å². The first-order chi connectivity index (χ1) is 6.90. The molecule has 4 heteroatoms. The zero-order valence-corrected chi connectivity index (χ0v) is 9.92. The number of hydrogen-bond donors (Lipinski definition) is 2. The number of nitrogens with zero attached hydrogens (tertiary/aromatic N) is 1. The standard InChI is InChI=1S/C11H22N2O2/c1-11(2,3)8-12-9-6-4-5-7-13(9)10(14)15/h9,12H,4-8H2,1-3H3,(H,14,15). The molecule has 2 N–H and O–H groups in total. The molecule has 0 saturated carbocycles. The Labute approximate surface area is 91.6 Å². The molecule has 0 aliphatic carbocycles. The minimum Gasteiger partial charge on any atom is -0.465 e. The summed E-state index contributed by atoms with van der Waals surface area (Å²) in [7, 11) is 0. The number of nitrogens with one attached hydrogen (secondary N) is 1. The van der Waals surface area contributed by atoms with Crippen LogP contribution in [0, 0.1) is 5.41 Å². The molecule has 15 heavy (non-hydrogen) atoms. The van der Waals surface area contributed by atoms with E-state index in [0.29, 0.717) is 6.54 Å². The second-order valence-corrected chi connectivity index (χ2v) is 5.43. The molecule has 1 amide bonds. The third-order valence-corrected chi connectivity index (χ3v) is 2.62. The second-order valence-electron chi connectivity index (χ2n) is 5.43. The Bertz CT molecular complexity index is 223. The van der Waals surface area contributed by atoms with Gasteiger partial charge in [-0.05, 0) is 24.7 Å². The lowest BCUT2D eigenvalue weighted by Gasteiger charge is -2.35. The molecule has 1 saturated heterocycles. The lowest BCUT2D eigenvalue weighted by Crippen LogP contribution is -2.52. The van der Waals surface area contributed by atoms with Crippen LogP contribution in [0.1, 0.15) is 40.0 Å². The van der Waals surface area contributed by atoms with Crippen LogP contribution in [0.25, 0.3) is 0 Å². The van der Waals surface area contributed by atoms with Crippen LogP contribution in [0.5, 0.6) is 0 Å². The SMILES string of the molecule is CC(C)(C)CNC1CCCCN1C(=O)O. The van der Waals surface area contributed by atoms with Crippen LogP contribution < -0.4 is 5.32 Å². The molecule has 0 aromatic rings. The summed E-state index contributed by atoms with van der Waals surface area (Å²) < 4.78 is 0. The third-order valence-electron chi connectivity index (χ3n) is 2.62. The summed E-state index contributed by atoms with van der Waals surface area (Å²) in [4.78, 5) is 12.5. The van der Waals surface area contributed by atoms with E-state index < -0.39 is 6.09 Å². The third kappa shape index (κ3) is 4.08. The molecule has 1 unspecified atom stereocenters. The van der Waals surface area contributed by atoms with Crippen LogP contribution >= 0.6 is 0 Å². The Hall–Kier alpha value is -0.770. The van der Waals surface area contributed by atoms with Gasteiger partial charge in [-0.15, -0.1) is 0 Å². The average Bonchev–Trinajstić information content (AvgIpc) is 2.14. The second kappa shape index (κ2) is 4.84. The number of carbonyl (C=O) groups is 1.